The Morgan fingerprint density at radius 3 is 2.47 bits per heavy atom. The summed E-state index contributed by atoms with van der Waals surface area (Å²) in [6, 6.07) is 23.1. The smallest absolute Gasteiger partial charge is 0.363 e. The monoisotopic (exact) mass is 519 g/mol. The number of nitrogens with zero attached hydrogens (tertiary/aromatic N) is 1. The van der Waals surface area contributed by atoms with E-state index in [4.69, 9.17) is 14.2 Å². The van der Waals surface area contributed by atoms with Crippen molar-refractivity contribution in [1.29, 1.82) is 0 Å². The summed E-state index contributed by atoms with van der Waals surface area (Å²) in [5, 5.41) is 0. The van der Waals surface area contributed by atoms with Gasteiger partial charge in [0.1, 0.15) is 24.7 Å². The predicted molar refractivity (Wildman–Crippen MR) is 137 cm³/mol. The lowest BCUT2D eigenvalue weighted by Gasteiger charge is -2.12. The van der Waals surface area contributed by atoms with Crippen LogP contribution in [0.4, 0.5) is 0 Å². The summed E-state index contributed by atoms with van der Waals surface area (Å²) < 4.78 is 18.0. The van der Waals surface area contributed by atoms with Crippen LogP contribution in [0.3, 0.4) is 0 Å². The van der Waals surface area contributed by atoms with Crippen molar-refractivity contribution >= 4 is 33.9 Å². The first-order chi connectivity index (χ1) is 16.5. The highest BCUT2D eigenvalue weighted by Crippen LogP contribution is 2.28. The van der Waals surface area contributed by atoms with Crippen LogP contribution in [0.5, 0.6) is 11.5 Å². The normalized spacial score (nSPS) is 15.1. The van der Waals surface area contributed by atoms with Gasteiger partial charge in [-0.3, -0.25) is 0 Å². The Balaban J connectivity index is 1.41. The van der Waals surface area contributed by atoms with Crippen molar-refractivity contribution < 1.29 is 19.0 Å². The molecular formula is C28H26BrNO4. The van der Waals surface area contributed by atoms with E-state index in [1.807, 2.05) is 60.7 Å². The van der Waals surface area contributed by atoms with Gasteiger partial charge in [-0.2, -0.15) is 0 Å². The van der Waals surface area contributed by atoms with E-state index >= 15 is 0 Å². The molecule has 1 aliphatic rings. The summed E-state index contributed by atoms with van der Waals surface area (Å²) in [5.41, 5.74) is 3.00. The third kappa shape index (κ3) is 5.94. The SMILES string of the molecule is CCC(C)c1ccc(OCCOc2ccc(Br)cc2/C=C2\N=C(c3ccccc3)OC2=O)cc1. The molecule has 0 bridgehead atoms. The zero-order valence-electron chi connectivity index (χ0n) is 19.2. The zero-order chi connectivity index (χ0) is 23.9. The fraction of sp³-hybridized carbons (Fsp3) is 0.214. The highest BCUT2D eigenvalue weighted by Gasteiger charge is 2.24. The molecule has 1 unspecified atom stereocenters. The van der Waals surface area contributed by atoms with Gasteiger partial charge in [-0.1, -0.05) is 60.1 Å². The van der Waals surface area contributed by atoms with Gasteiger partial charge in [0, 0.05) is 15.6 Å². The Labute approximate surface area is 208 Å². The molecule has 174 valence electrons. The minimum Gasteiger partial charge on any atom is -0.490 e. The summed E-state index contributed by atoms with van der Waals surface area (Å²) in [7, 11) is 0. The van der Waals surface area contributed by atoms with Crippen LogP contribution in [0, 0.1) is 0 Å². The number of carbonyl (C=O) groups is 1. The third-order valence-electron chi connectivity index (χ3n) is 5.58. The van der Waals surface area contributed by atoms with E-state index in [-0.39, 0.29) is 5.70 Å². The molecule has 0 amide bonds. The quantitative estimate of drug-likeness (QED) is 0.178. The van der Waals surface area contributed by atoms with Gasteiger partial charge in [0.25, 0.3) is 0 Å². The third-order valence-corrected chi connectivity index (χ3v) is 6.07. The first kappa shape index (κ1) is 23.8. The molecule has 0 saturated carbocycles. The Bertz CT molecular complexity index is 1200. The maximum Gasteiger partial charge on any atom is 0.363 e. The Hall–Kier alpha value is -3.38. The van der Waals surface area contributed by atoms with Crippen molar-refractivity contribution in [3.8, 4) is 11.5 Å². The van der Waals surface area contributed by atoms with Crippen LogP contribution in [-0.2, 0) is 9.53 Å². The van der Waals surface area contributed by atoms with Crippen molar-refractivity contribution in [2.75, 3.05) is 13.2 Å². The molecule has 0 radical (unpaired) electrons. The van der Waals surface area contributed by atoms with Crippen LogP contribution < -0.4 is 9.47 Å². The number of hydrogen-bond donors (Lipinski definition) is 0. The van der Waals surface area contributed by atoms with E-state index in [1.165, 1.54) is 5.56 Å². The van der Waals surface area contributed by atoms with Crippen LogP contribution >= 0.6 is 15.9 Å². The van der Waals surface area contributed by atoms with Crippen LogP contribution in [-0.4, -0.2) is 25.1 Å². The van der Waals surface area contributed by atoms with Crippen molar-refractivity contribution in [1.82, 2.24) is 0 Å². The van der Waals surface area contributed by atoms with Crippen LogP contribution in [0.25, 0.3) is 6.08 Å². The van der Waals surface area contributed by atoms with E-state index in [0.717, 1.165) is 27.8 Å². The zero-order valence-corrected chi connectivity index (χ0v) is 20.7. The molecule has 0 aromatic heterocycles. The van der Waals surface area contributed by atoms with Crippen molar-refractivity contribution in [3.05, 3.63) is 99.7 Å². The number of halogens is 1. The van der Waals surface area contributed by atoms with Gasteiger partial charge in [0.2, 0.25) is 5.90 Å². The van der Waals surface area contributed by atoms with Crippen LogP contribution in [0.15, 0.2) is 88.0 Å². The lowest BCUT2D eigenvalue weighted by atomic mass is 9.99. The number of hydrogen-bond acceptors (Lipinski definition) is 5. The number of benzene rings is 3. The summed E-state index contributed by atoms with van der Waals surface area (Å²) in [6.07, 6.45) is 2.78. The Morgan fingerprint density at radius 1 is 1.00 bits per heavy atom. The number of carbonyl (C=O) groups excluding carboxylic acids is 1. The van der Waals surface area contributed by atoms with Crippen LogP contribution in [0.1, 0.15) is 42.9 Å². The maximum atomic E-state index is 12.4. The van der Waals surface area contributed by atoms with Gasteiger partial charge in [0.05, 0.1) is 0 Å². The number of rotatable bonds is 9. The second-order valence-electron chi connectivity index (χ2n) is 7.96. The van der Waals surface area contributed by atoms with Gasteiger partial charge in [-0.15, -0.1) is 0 Å². The average molecular weight is 520 g/mol. The Morgan fingerprint density at radius 2 is 1.74 bits per heavy atom. The fourth-order valence-electron chi connectivity index (χ4n) is 3.46. The minimum atomic E-state index is -0.492. The molecule has 3 aromatic rings. The lowest BCUT2D eigenvalue weighted by Crippen LogP contribution is -2.09. The van der Waals surface area contributed by atoms with Gasteiger partial charge in [-0.25, -0.2) is 9.79 Å². The molecule has 5 nitrogen and oxygen atoms in total. The topological polar surface area (TPSA) is 57.1 Å². The number of aliphatic imine (C=N–C) groups is 1. The number of ether oxygens (including phenoxy) is 3. The van der Waals surface area contributed by atoms with E-state index in [2.05, 4.69) is 46.9 Å². The molecule has 1 aliphatic heterocycles. The first-order valence-corrected chi connectivity index (χ1v) is 12.1. The molecule has 4 rings (SSSR count). The standard InChI is InChI=1S/C28H26BrNO4/c1-3-19(2)20-9-12-24(13-10-20)32-15-16-33-26-14-11-23(29)17-22(26)18-25-28(31)34-27(30-25)21-7-5-4-6-8-21/h4-14,17-19H,3,15-16H2,1-2H3/b25-18-. The van der Waals surface area contributed by atoms with E-state index in [1.54, 1.807) is 6.08 Å². The largest absolute Gasteiger partial charge is 0.490 e. The highest BCUT2D eigenvalue weighted by molar-refractivity contribution is 9.10. The van der Waals surface area contributed by atoms with Crippen LogP contribution in [0.2, 0.25) is 0 Å². The van der Waals surface area contributed by atoms with E-state index in [9.17, 15) is 4.79 Å². The predicted octanol–water partition coefficient (Wildman–Crippen LogP) is 6.76. The molecule has 1 heterocycles. The van der Waals surface area contributed by atoms with Gasteiger partial charge < -0.3 is 14.2 Å². The average Bonchev–Trinajstić information content (AvgIpc) is 3.23. The molecule has 3 aromatic carbocycles. The summed E-state index contributed by atoms with van der Waals surface area (Å²) in [6.45, 7) is 5.15. The van der Waals surface area contributed by atoms with E-state index in [0.29, 0.717) is 30.8 Å². The fourth-order valence-corrected chi connectivity index (χ4v) is 3.84. The van der Waals surface area contributed by atoms with E-state index < -0.39 is 5.97 Å². The molecule has 0 N–H and O–H groups in total. The summed E-state index contributed by atoms with van der Waals surface area (Å²) >= 11 is 3.48. The minimum absolute atomic E-state index is 0.222. The second kappa shape index (κ2) is 11.2. The number of esters is 1. The van der Waals surface area contributed by atoms with Crippen molar-refractivity contribution in [3.63, 3.8) is 0 Å². The molecule has 1 atom stereocenters. The number of cyclic esters (lactones) is 1. The van der Waals surface area contributed by atoms with Crippen molar-refractivity contribution in [2.24, 2.45) is 4.99 Å². The van der Waals surface area contributed by atoms with Gasteiger partial charge in [0.15, 0.2) is 5.70 Å². The first-order valence-electron chi connectivity index (χ1n) is 11.3. The van der Waals surface area contributed by atoms with Gasteiger partial charge >= 0.3 is 5.97 Å². The van der Waals surface area contributed by atoms with Gasteiger partial charge in [-0.05, 0) is 66.4 Å². The molecule has 34 heavy (non-hydrogen) atoms. The molecule has 0 saturated heterocycles. The maximum absolute atomic E-state index is 12.4. The van der Waals surface area contributed by atoms with Crippen molar-refractivity contribution in [2.45, 2.75) is 26.2 Å². The molecule has 0 spiro atoms. The summed E-state index contributed by atoms with van der Waals surface area (Å²) in [5.74, 6) is 1.77. The summed E-state index contributed by atoms with van der Waals surface area (Å²) in [4.78, 5) is 16.8. The lowest BCUT2D eigenvalue weighted by molar-refractivity contribution is -0.129. The molecule has 0 aliphatic carbocycles. The second-order valence-corrected chi connectivity index (χ2v) is 8.88. The molecular weight excluding hydrogens is 494 g/mol. The highest BCUT2D eigenvalue weighted by atomic mass is 79.9. The Kier molecular flexibility index (Phi) is 7.80. The molecule has 6 heteroatoms. The molecule has 0 fully saturated rings.